The van der Waals surface area contributed by atoms with Crippen molar-refractivity contribution in [3.8, 4) is 0 Å². The molecule has 1 aliphatic rings. The Morgan fingerprint density at radius 3 is 3.18 bits per heavy atom. The molecule has 0 aliphatic carbocycles. The van der Waals surface area contributed by atoms with Gasteiger partial charge in [0.2, 0.25) is 0 Å². The molecule has 1 N–H and O–H groups in total. The Kier molecular flexibility index (Phi) is 2.15. The average molecular weight is 165 g/mol. The van der Waals surface area contributed by atoms with Gasteiger partial charge < -0.3 is 5.32 Å². The molecule has 0 fully saturated rings. The molecule has 0 spiro atoms. The molecule has 1 aromatic rings. The first-order chi connectivity index (χ1) is 5.47. The maximum atomic E-state index is 3.36. The van der Waals surface area contributed by atoms with Gasteiger partial charge in [-0.3, -0.25) is 0 Å². The van der Waals surface area contributed by atoms with Crippen molar-refractivity contribution in [2.75, 3.05) is 12.4 Å². The van der Waals surface area contributed by atoms with Gasteiger partial charge >= 0.3 is 0 Å². The van der Waals surface area contributed by atoms with E-state index in [1.165, 1.54) is 16.9 Å². The van der Waals surface area contributed by atoms with E-state index in [2.05, 4.69) is 29.6 Å². The molecular weight excluding hydrogens is 154 g/mol. The highest BCUT2D eigenvalue weighted by molar-refractivity contribution is 7.99. The molecule has 0 aromatic heterocycles. The number of thioether (sulfide) groups is 1. The van der Waals surface area contributed by atoms with Crippen LogP contribution in [-0.4, -0.2) is 12.4 Å². The Balaban J connectivity index is 2.33. The highest BCUT2D eigenvalue weighted by Gasteiger charge is 2.04. The minimum absolute atomic E-state index is 1.05. The summed E-state index contributed by atoms with van der Waals surface area (Å²) in [5.41, 5.74) is 1.49. The number of hydrogen-bond donors (Lipinski definition) is 1. The van der Waals surface area contributed by atoms with E-state index in [1.807, 2.05) is 11.8 Å². The van der Waals surface area contributed by atoms with Crippen LogP contribution in [-0.2, 0) is 6.42 Å². The zero-order valence-corrected chi connectivity index (χ0v) is 7.16. The van der Waals surface area contributed by atoms with Crippen molar-refractivity contribution in [1.29, 1.82) is 0 Å². The summed E-state index contributed by atoms with van der Waals surface area (Å²) >= 11 is 1.90. The van der Waals surface area contributed by atoms with E-state index in [0.29, 0.717) is 0 Å². The van der Waals surface area contributed by atoms with E-state index in [9.17, 15) is 0 Å². The van der Waals surface area contributed by atoms with Crippen LogP contribution >= 0.6 is 11.8 Å². The van der Waals surface area contributed by atoms with Gasteiger partial charge in [-0.05, 0) is 24.6 Å². The predicted molar refractivity (Wildman–Crippen MR) is 48.9 cm³/mol. The van der Waals surface area contributed by atoms with Crippen LogP contribution in [0.2, 0.25) is 0 Å². The number of benzene rings is 1. The monoisotopic (exact) mass is 165 g/mol. The quantitative estimate of drug-likeness (QED) is 0.630. The lowest BCUT2D eigenvalue weighted by molar-refractivity contribution is 0.779. The Morgan fingerprint density at radius 1 is 1.27 bits per heavy atom. The number of nitrogens with one attached hydrogen (secondary N) is 1. The minimum atomic E-state index is 1.05. The van der Waals surface area contributed by atoms with Gasteiger partial charge in [0.05, 0.1) is 0 Å². The van der Waals surface area contributed by atoms with Gasteiger partial charge in [0.1, 0.15) is 0 Å². The van der Waals surface area contributed by atoms with Crippen LogP contribution in [0.15, 0.2) is 29.2 Å². The molecule has 1 heterocycles. The minimum Gasteiger partial charge on any atom is -0.307 e. The second kappa shape index (κ2) is 3.28. The summed E-state index contributed by atoms with van der Waals surface area (Å²) in [5, 5.41) is 3.36. The smallest absolute Gasteiger partial charge is 0.0466 e. The fourth-order valence-corrected chi connectivity index (χ4v) is 2.21. The van der Waals surface area contributed by atoms with E-state index >= 15 is 0 Å². The lowest BCUT2D eigenvalue weighted by Crippen LogP contribution is -2.13. The molecule has 11 heavy (non-hydrogen) atoms. The van der Waals surface area contributed by atoms with E-state index in [0.717, 1.165) is 12.4 Å². The van der Waals surface area contributed by atoms with Gasteiger partial charge in [0.15, 0.2) is 0 Å². The first-order valence-corrected chi connectivity index (χ1v) is 4.87. The summed E-state index contributed by atoms with van der Waals surface area (Å²) in [6.45, 7) is 1.12. The van der Waals surface area contributed by atoms with Crippen molar-refractivity contribution < 1.29 is 0 Å². The molecule has 0 atom stereocenters. The largest absolute Gasteiger partial charge is 0.307 e. The SMILES string of the molecule is c1ccc2c(c1)CCNCS2. The molecule has 2 rings (SSSR count). The van der Waals surface area contributed by atoms with Crippen LogP contribution in [0.3, 0.4) is 0 Å². The van der Waals surface area contributed by atoms with Crippen LogP contribution < -0.4 is 5.32 Å². The molecule has 1 aromatic carbocycles. The van der Waals surface area contributed by atoms with Gasteiger partial charge in [-0.25, -0.2) is 0 Å². The van der Waals surface area contributed by atoms with E-state index in [1.54, 1.807) is 0 Å². The second-order valence-electron chi connectivity index (χ2n) is 2.65. The zero-order chi connectivity index (χ0) is 7.52. The lowest BCUT2D eigenvalue weighted by atomic mass is 10.1. The Labute approximate surface area is 71.2 Å². The Hall–Kier alpha value is -0.470. The Bertz CT molecular complexity index is 222. The number of fused-ring (bicyclic) bond motifs is 1. The van der Waals surface area contributed by atoms with Crippen LogP contribution in [0.25, 0.3) is 0 Å². The molecule has 0 amide bonds. The fraction of sp³-hybridized carbons (Fsp3) is 0.333. The van der Waals surface area contributed by atoms with Gasteiger partial charge in [-0.1, -0.05) is 18.2 Å². The second-order valence-corrected chi connectivity index (χ2v) is 3.66. The van der Waals surface area contributed by atoms with Gasteiger partial charge in [0, 0.05) is 10.8 Å². The topological polar surface area (TPSA) is 12.0 Å². The molecule has 58 valence electrons. The summed E-state index contributed by atoms with van der Waals surface area (Å²) in [6, 6.07) is 8.64. The molecule has 0 saturated carbocycles. The van der Waals surface area contributed by atoms with Gasteiger partial charge in [0.25, 0.3) is 0 Å². The van der Waals surface area contributed by atoms with Crippen LogP contribution in [0.1, 0.15) is 5.56 Å². The molecule has 0 saturated heterocycles. The standard InChI is InChI=1S/C9H11NS/c1-2-4-9-8(3-1)5-6-10-7-11-9/h1-4,10H,5-7H2. The summed E-state index contributed by atoms with van der Waals surface area (Å²) in [5.74, 6) is 1.05. The molecule has 0 bridgehead atoms. The highest BCUT2D eigenvalue weighted by atomic mass is 32.2. The lowest BCUT2D eigenvalue weighted by Gasteiger charge is -2.01. The van der Waals surface area contributed by atoms with Crippen LogP contribution in [0, 0.1) is 0 Å². The molecule has 1 aliphatic heterocycles. The van der Waals surface area contributed by atoms with Crippen molar-refractivity contribution in [2.45, 2.75) is 11.3 Å². The van der Waals surface area contributed by atoms with Crippen LogP contribution in [0.5, 0.6) is 0 Å². The normalized spacial score (nSPS) is 17.1. The molecule has 0 radical (unpaired) electrons. The Morgan fingerprint density at radius 2 is 2.18 bits per heavy atom. The molecular formula is C9H11NS. The molecule has 2 heteroatoms. The predicted octanol–water partition coefficient (Wildman–Crippen LogP) is 1.88. The van der Waals surface area contributed by atoms with Crippen molar-refractivity contribution in [3.63, 3.8) is 0 Å². The van der Waals surface area contributed by atoms with E-state index in [4.69, 9.17) is 0 Å². The van der Waals surface area contributed by atoms with Crippen LogP contribution in [0.4, 0.5) is 0 Å². The third-order valence-electron chi connectivity index (χ3n) is 1.87. The van der Waals surface area contributed by atoms with Crippen molar-refractivity contribution in [1.82, 2.24) is 5.32 Å². The third kappa shape index (κ3) is 1.57. The van der Waals surface area contributed by atoms with E-state index in [-0.39, 0.29) is 0 Å². The summed E-state index contributed by atoms with van der Waals surface area (Å²) in [6.07, 6.45) is 1.17. The first kappa shape index (κ1) is 7.19. The third-order valence-corrected chi connectivity index (χ3v) is 2.93. The van der Waals surface area contributed by atoms with Gasteiger partial charge in [-0.15, -0.1) is 11.8 Å². The highest BCUT2D eigenvalue weighted by Crippen LogP contribution is 2.23. The molecule has 1 nitrogen and oxygen atoms in total. The number of hydrogen-bond acceptors (Lipinski definition) is 2. The van der Waals surface area contributed by atoms with E-state index < -0.39 is 0 Å². The zero-order valence-electron chi connectivity index (χ0n) is 6.34. The molecule has 0 unspecified atom stereocenters. The summed E-state index contributed by atoms with van der Waals surface area (Å²) in [4.78, 5) is 1.44. The van der Waals surface area contributed by atoms with Crippen molar-refractivity contribution in [3.05, 3.63) is 29.8 Å². The van der Waals surface area contributed by atoms with Gasteiger partial charge in [-0.2, -0.15) is 0 Å². The maximum Gasteiger partial charge on any atom is 0.0466 e. The van der Waals surface area contributed by atoms with Crippen molar-refractivity contribution in [2.24, 2.45) is 0 Å². The summed E-state index contributed by atoms with van der Waals surface area (Å²) < 4.78 is 0. The summed E-state index contributed by atoms with van der Waals surface area (Å²) in [7, 11) is 0. The fourth-order valence-electron chi connectivity index (χ4n) is 1.28. The van der Waals surface area contributed by atoms with Crippen molar-refractivity contribution >= 4 is 11.8 Å². The first-order valence-electron chi connectivity index (χ1n) is 3.88. The average Bonchev–Trinajstić information content (AvgIpc) is 2.28. The number of rotatable bonds is 0. The maximum absolute atomic E-state index is 3.36.